The summed E-state index contributed by atoms with van der Waals surface area (Å²) in [5.41, 5.74) is 0.897. The Morgan fingerprint density at radius 1 is 1.11 bits per heavy atom. The van der Waals surface area contributed by atoms with E-state index in [1.807, 2.05) is 30.3 Å². The Bertz CT molecular complexity index is 1260. The fourth-order valence-electron chi connectivity index (χ4n) is 4.28. The summed E-state index contributed by atoms with van der Waals surface area (Å²) in [7, 11) is 1.55. The molecule has 1 heterocycles. The molecule has 9 nitrogen and oxygen atoms in total. The van der Waals surface area contributed by atoms with Crippen LogP contribution in [0.25, 0.3) is 0 Å². The molecular formula is C28H30N2O7. The zero-order valence-corrected chi connectivity index (χ0v) is 21.0. The summed E-state index contributed by atoms with van der Waals surface area (Å²) in [6.07, 6.45) is -1.21. The molecule has 9 heteroatoms. The van der Waals surface area contributed by atoms with Gasteiger partial charge in [-0.2, -0.15) is 0 Å². The molecule has 0 saturated heterocycles. The van der Waals surface area contributed by atoms with Gasteiger partial charge in [0.2, 0.25) is 5.91 Å². The molecule has 0 bridgehead atoms. The number of nitrogens with zero attached hydrogens (tertiary/aromatic N) is 1. The fourth-order valence-corrected chi connectivity index (χ4v) is 4.28. The number of ether oxygens (including phenoxy) is 3. The molecule has 1 aliphatic heterocycles. The van der Waals surface area contributed by atoms with E-state index >= 15 is 0 Å². The largest absolute Gasteiger partial charge is 0.497 e. The number of nitro groups is 1. The summed E-state index contributed by atoms with van der Waals surface area (Å²) in [5, 5.41) is 25.6. The molecule has 0 radical (unpaired) electrons. The summed E-state index contributed by atoms with van der Waals surface area (Å²) < 4.78 is 17.2. The lowest BCUT2D eigenvalue weighted by molar-refractivity contribution is -0.384. The van der Waals surface area contributed by atoms with E-state index in [9.17, 15) is 20.0 Å². The maximum atomic E-state index is 12.8. The number of carbonyl (C=O) groups is 1. The maximum absolute atomic E-state index is 12.8. The molecule has 0 fully saturated rings. The number of nitro benzene ring substituents is 1. The van der Waals surface area contributed by atoms with Crippen LogP contribution in [0.5, 0.6) is 11.5 Å². The first-order valence-corrected chi connectivity index (χ1v) is 12.0. The van der Waals surface area contributed by atoms with Crippen LogP contribution in [-0.2, 0) is 22.4 Å². The lowest BCUT2D eigenvalue weighted by Crippen LogP contribution is -2.49. The van der Waals surface area contributed by atoms with Crippen molar-refractivity contribution in [1.29, 1.82) is 0 Å². The Kier molecular flexibility index (Phi) is 7.75. The van der Waals surface area contributed by atoms with Crippen molar-refractivity contribution in [3.8, 4) is 11.5 Å². The third kappa shape index (κ3) is 6.07. The van der Waals surface area contributed by atoms with Gasteiger partial charge in [-0.15, -0.1) is 0 Å². The van der Waals surface area contributed by atoms with Gasteiger partial charge in [-0.05, 0) is 49.6 Å². The Morgan fingerprint density at radius 2 is 1.81 bits per heavy atom. The first-order chi connectivity index (χ1) is 17.7. The number of nitrogens with one attached hydrogen (secondary N) is 1. The fraction of sp³-hybridized carbons (Fsp3) is 0.321. The van der Waals surface area contributed by atoms with Crippen molar-refractivity contribution in [2.24, 2.45) is 0 Å². The number of fused-ring (bicyclic) bond motifs is 1. The molecule has 2 unspecified atom stereocenters. The highest BCUT2D eigenvalue weighted by molar-refractivity contribution is 5.95. The molecule has 37 heavy (non-hydrogen) atoms. The predicted octanol–water partition coefficient (Wildman–Crippen LogP) is 4.62. The van der Waals surface area contributed by atoms with Crippen LogP contribution in [0.3, 0.4) is 0 Å². The SMILES string of the molecule is COc1ccc(CC(=O)Nc2cc3c(cc2[N+](=O)[O-])OC(C)(C)C(O)C3OCCc2ccccc2)cc1. The Hall–Kier alpha value is -3.95. The molecule has 2 N–H and O–H groups in total. The Balaban J connectivity index is 1.59. The van der Waals surface area contributed by atoms with Crippen LogP contribution < -0.4 is 14.8 Å². The summed E-state index contributed by atoms with van der Waals surface area (Å²) >= 11 is 0. The number of anilines is 1. The molecule has 0 aromatic heterocycles. The van der Waals surface area contributed by atoms with Crippen molar-refractivity contribution in [3.05, 3.63) is 93.5 Å². The van der Waals surface area contributed by atoms with E-state index in [0.717, 1.165) is 11.1 Å². The molecule has 1 aliphatic rings. The van der Waals surface area contributed by atoms with Gasteiger partial charge in [0.15, 0.2) is 0 Å². The van der Waals surface area contributed by atoms with Gasteiger partial charge in [-0.1, -0.05) is 42.5 Å². The molecule has 3 aromatic rings. The normalized spacial score (nSPS) is 17.8. The summed E-state index contributed by atoms with van der Waals surface area (Å²) in [6, 6.07) is 19.5. The highest BCUT2D eigenvalue weighted by Crippen LogP contribution is 2.45. The topological polar surface area (TPSA) is 120 Å². The van der Waals surface area contributed by atoms with E-state index in [-0.39, 0.29) is 23.5 Å². The van der Waals surface area contributed by atoms with Gasteiger partial charge in [-0.3, -0.25) is 14.9 Å². The van der Waals surface area contributed by atoms with E-state index in [1.54, 1.807) is 45.2 Å². The molecule has 2 atom stereocenters. The van der Waals surface area contributed by atoms with Gasteiger partial charge in [0.25, 0.3) is 5.69 Å². The number of aliphatic hydroxyl groups is 1. The van der Waals surface area contributed by atoms with Gasteiger partial charge in [0, 0.05) is 5.56 Å². The second kappa shape index (κ2) is 11.0. The summed E-state index contributed by atoms with van der Waals surface area (Å²) in [4.78, 5) is 24.1. The van der Waals surface area contributed by atoms with Crippen molar-refractivity contribution in [1.82, 2.24) is 0 Å². The standard InChI is InChI=1S/C28H30N2O7/c1-28(2)27(32)26(36-14-13-18-7-5-4-6-8-18)21-16-22(23(30(33)34)17-24(21)37-28)29-25(31)15-19-9-11-20(35-3)12-10-19/h4-12,16-17,26-27,32H,13-15H2,1-3H3,(H,29,31). The third-order valence-corrected chi connectivity index (χ3v) is 6.33. The molecule has 0 aliphatic carbocycles. The highest BCUT2D eigenvalue weighted by Gasteiger charge is 2.44. The van der Waals surface area contributed by atoms with Crippen molar-refractivity contribution in [3.63, 3.8) is 0 Å². The molecule has 0 saturated carbocycles. The number of hydrogen-bond acceptors (Lipinski definition) is 7. The van der Waals surface area contributed by atoms with E-state index in [2.05, 4.69) is 5.32 Å². The Morgan fingerprint density at radius 3 is 2.46 bits per heavy atom. The number of rotatable bonds is 9. The number of carbonyl (C=O) groups excluding carboxylic acids is 1. The molecule has 3 aromatic carbocycles. The monoisotopic (exact) mass is 506 g/mol. The van der Waals surface area contributed by atoms with Gasteiger partial charge in [0.05, 0.1) is 31.1 Å². The minimum atomic E-state index is -1.04. The van der Waals surface area contributed by atoms with Gasteiger partial charge < -0.3 is 24.6 Å². The van der Waals surface area contributed by atoms with Gasteiger partial charge in [0.1, 0.15) is 35.0 Å². The van der Waals surface area contributed by atoms with Crippen molar-refractivity contribution < 1.29 is 29.0 Å². The van der Waals surface area contributed by atoms with Crippen LogP contribution in [-0.4, -0.2) is 41.4 Å². The quantitative estimate of drug-likeness (QED) is 0.321. The van der Waals surface area contributed by atoms with Gasteiger partial charge in [-0.25, -0.2) is 0 Å². The second-order valence-electron chi connectivity index (χ2n) is 9.41. The molecule has 0 spiro atoms. The Labute approximate surface area is 215 Å². The lowest BCUT2D eigenvalue weighted by atomic mass is 9.88. The molecule has 194 valence electrons. The molecular weight excluding hydrogens is 476 g/mol. The summed E-state index contributed by atoms with van der Waals surface area (Å²) in [6.45, 7) is 3.71. The van der Waals surface area contributed by atoms with Crippen LogP contribution in [0, 0.1) is 10.1 Å². The third-order valence-electron chi connectivity index (χ3n) is 6.33. The van der Waals surface area contributed by atoms with E-state index in [0.29, 0.717) is 24.3 Å². The number of methoxy groups -OCH3 is 1. The zero-order valence-electron chi connectivity index (χ0n) is 21.0. The number of hydrogen-bond donors (Lipinski definition) is 2. The van der Waals surface area contributed by atoms with E-state index in [4.69, 9.17) is 14.2 Å². The lowest BCUT2D eigenvalue weighted by Gasteiger charge is -2.41. The van der Waals surface area contributed by atoms with Gasteiger partial charge >= 0.3 is 0 Å². The number of benzene rings is 3. The average molecular weight is 507 g/mol. The van der Waals surface area contributed by atoms with Crippen LogP contribution in [0.4, 0.5) is 11.4 Å². The minimum absolute atomic E-state index is 0.00873. The number of amides is 1. The van der Waals surface area contributed by atoms with E-state index < -0.39 is 28.6 Å². The second-order valence-corrected chi connectivity index (χ2v) is 9.41. The average Bonchev–Trinajstić information content (AvgIpc) is 2.87. The molecule has 1 amide bonds. The van der Waals surface area contributed by atoms with Crippen molar-refractivity contribution >= 4 is 17.3 Å². The first-order valence-electron chi connectivity index (χ1n) is 12.0. The zero-order chi connectivity index (χ0) is 26.6. The minimum Gasteiger partial charge on any atom is -0.497 e. The highest BCUT2D eigenvalue weighted by atomic mass is 16.6. The van der Waals surface area contributed by atoms with Crippen molar-refractivity contribution in [2.75, 3.05) is 19.0 Å². The summed E-state index contributed by atoms with van der Waals surface area (Å²) in [5.74, 6) is 0.474. The predicted molar refractivity (Wildman–Crippen MR) is 138 cm³/mol. The van der Waals surface area contributed by atoms with Crippen molar-refractivity contribution in [2.45, 2.75) is 44.5 Å². The van der Waals surface area contributed by atoms with E-state index in [1.165, 1.54) is 12.1 Å². The molecule has 4 rings (SSSR count). The number of aliphatic hydroxyl groups excluding tert-OH is 1. The first kappa shape index (κ1) is 26.1. The van der Waals surface area contributed by atoms with Crippen LogP contribution in [0.2, 0.25) is 0 Å². The van der Waals surface area contributed by atoms with Crippen LogP contribution in [0.1, 0.15) is 36.6 Å². The maximum Gasteiger partial charge on any atom is 0.296 e. The smallest absolute Gasteiger partial charge is 0.296 e. The van der Waals surface area contributed by atoms with Crippen LogP contribution >= 0.6 is 0 Å². The van der Waals surface area contributed by atoms with Crippen LogP contribution in [0.15, 0.2) is 66.7 Å².